The number of halogens is 3. The van der Waals surface area contributed by atoms with Crippen LogP contribution in [0.25, 0.3) is 17.0 Å². The summed E-state index contributed by atoms with van der Waals surface area (Å²) in [5.74, 6) is 0.105. The lowest BCUT2D eigenvalue weighted by atomic mass is 10.2. The molecule has 142 valence electrons. The molecule has 0 fully saturated rings. The van der Waals surface area contributed by atoms with E-state index >= 15 is 0 Å². The maximum Gasteiger partial charge on any atom is 0.299 e. The van der Waals surface area contributed by atoms with Crippen LogP contribution < -0.4 is 0 Å². The maximum atomic E-state index is 13.1. The summed E-state index contributed by atoms with van der Waals surface area (Å²) in [6.07, 6.45) is -1.06. The summed E-state index contributed by atoms with van der Waals surface area (Å²) < 4.78 is 29.0. The fourth-order valence-electron chi connectivity index (χ4n) is 2.57. The standard InChI is InChI=1S/C17H12ClF2N7S/c1-2-8-26-15(10-4-3-5-11(18)9-10)22-24-17(26)28-13-7-6-12-21-23-16(14(19)20)27(12)25-13/h2-7,9,14H,1,8H2. The Balaban J connectivity index is 1.73. The number of nitrogens with zero attached hydrogens (tertiary/aromatic N) is 7. The van der Waals surface area contributed by atoms with Crippen LogP contribution in [0.3, 0.4) is 0 Å². The first-order chi connectivity index (χ1) is 13.6. The first kappa shape index (κ1) is 18.5. The normalized spacial score (nSPS) is 11.4. The summed E-state index contributed by atoms with van der Waals surface area (Å²) >= 11 is 7.27. The highest BCUT2D eigenvalue weighted by Gasteiger charge is 2.19. The van der Waals surface area contributed by atoms with Gasteiger partial charge in [0.15, 0.2) is 16.6 Å². The van der Waals surface area contributed by atoms with Gasteiger partial charge in [-0.05, 0) is 36.0 Å². The Hall–Kier alpha value is -2.85. The van der Waals surface area contributed by atoms with Gasteiger partial charge >= 0.3 is 0 Å². The molecule has 0 spiro atoms. The highest BCUT2D eigenvalue weighted by atomic mass is 35.5. The van der Waals surface area contributed by atoms with Crippen molar-refractivity contribution in [2.24, 2.45) is 0 Å². The predicted octanol–water partition coefficient (Wildman–Crippen LogP) is 4.31. The smallest absolute Gasteiger partial charge is 0.298 e. The number of rotatable bonds is 6. The molecule has 0 radical (unpaired) electrons. The molecule has 0 aliphatic heterocycles. The second-order valence-electron chi connectivity index (χ2n) is 5.62. The van der Waals surface area contributed by atoms with Gasteiger partial charge in [0.05, 0.1) is 0 Å². The van der Waals surface area contributed by atoms with Crippen LogP contribution in [0, 0.1) is 0 Å². The van der Waals surface area contributed by atoms with Crippen molar-refractivity contribution in [3.05, 3.63) is 59.9 Å². The Morgan fingerprint density at radius 3 is 2.75 bits per heavy atom. The fraction of sp³-hybridized carbons (Fsp3) is 0.118. The van der Waals surface area contributed by atoms with Crippen LogP contribution in [0.4, 0.5) is 8.78 Å². The zero-order valence-electron chi connectivity index (χ0n) is 14.2. The van der Waals surface area contributed by atoms with E-state index < -0.39 is 12.2 Å². The Morgan fingerprint density at radius 2 is 2.00 bits per heavy atom. The van der Waals surface area contributed by atoms with Crippen molar-refractivity contribution in [2.75, 3.05) is 0 Å². The first-order valence-electron chi connectivity index (χ1n) is 8.05. The second-order valence-corrected chi connectivity index (χ2v) is 7.04. The molecule has 0 unspecified atom stereocenters. The highest BCUT2D eigenvalue weighted by Crippen LogP contribution is 2.30. The monoisotopic (exact) mass is 419 g/mol. The summed E-state index contributed by atoms with van der Waals surface area (Å²) in [7, 11) is 0. The minimum Gasteiger partial charge on any atom is -0.298 e. The molecule has 0 atom stereocenters. The summed E-state index contributed by atoms with van der Waals surface area (Å²) in [5, 5.41) is 21.4. The van der Waals surface area contributed by atoms with Crippen LogP contribution in [-0.4, -0.2) is 34.6 Å². The van der Waals surface area contributed by atoms with Crippen LogP contribution in [0.15, 0.2) is 59.2 Å². The van der Waals surface area contributed by atoms with E-state index in [1.54, 1.807) is 30.3 Å². The van der Waals surface area contributed by atoms with Crippen LogP contribution in [-0.2, 0) is 6.54 Å². The molecule has 0 bridgehead atoms. The third-order valence-corrected chi connectivity index (χ3v) is 4.91. The average Bonchev–Trinajstić information content (AvgIpc) is 3.26. The summed E-state index contributed by atoms with van der Waals surface area (Å²) in [5.41, 5.74) is 1.04. The van der Waals surface area contributed by atoms with E-state index in [4.69, 9.17) is 11.6 Å². The Kier molecular flexibility index (Phi) is 5.05. The van der Waals surface area contributed by atoms with Gasteiger partial charge in [-0.25, -0.2) is 8.78 Å². The largest absolute Gasteiger partial charge is 0.299 e. The number of allylic oxidation sites excluding steroid dienone is 1. The van der Waals surface area contributed by atoms with Crippen LogP contribution in [0.2, 0.25) is 5.02 Å². The molecule has 0 aliphatic carbocycles. The van der Waals surface area contributed by atoms with Gasteiger partial charge in [0.25, 0.3) is 6.43 Å². The molecule has 3 heterocycles. The van der Waals surface area contributed by atoms with E-state index in [2.05, 4.69) is 32.1 Å². The van der Waals surface area contributed by atoms with Gasteiger partial charge < -0.3 is 0 Å². The number of fused-ring (bicyclic) bond motifs is 1. The molecule has 0 saturated carbocycles. The van der Waals surface area contributed by atoms with Crippen molar-refractivity contribution in [1.29, 1.82) is 0 Å². The predicted molar refractivity (Wildman–Crippen MR) is 101 cm³/mol. The lowest BCUT2D eigenvalue weighted by Crippen LogP contribution is -2.02. The van der Waals surface area contributed by atoms with Gasteiger partial charge in [0.1, 0.15) is 5.03 Å². The molecule has 0 N–H and O–H groups in total. The van der Waals surface area contributed by atoms with Gasteiger partial charge in [-0.15, -0.1) is 27.0 Å². The van der Waals surface area contributed by atoms with E-state index in [-0.39, 0.29) is 5.65 Å². The van der Waals surface area contributed by atoms with E-state index in [9.17, 15) is 8.78 Å². The minimum absolute atomic E-state index is 0.242. The molecule has 0 aliphatic rings. The average molecular weight is 420 g/mol. The van der Waals surface area contributed by atoms with Crippen molar-refractivity contribution in [3.63, 3.8) is 0 Å². The van der Waals surface area contributed by atoms with E-state index in [0.717, 1.165) is 10.1 Å². The topological polar surface area (TPSA) is 73.8 Å². The van der Waals surface area contributed by atoms with E-state index in [0.29, 0.717) is 27.6 Å². The Labute approximate surface area is 167 Å². The van der Waals surface area contributed by atoms with Crippen molar-refractivity contribution in [3.8, 4) is 11.4 Å². The van der Waals surface area contributed by atoms with E-state index in [1.807, 2.05) is 16.7 Å². The fourth-order valence-corrected chi connectivity index (χ4v) is 3.56. The Bertz CT molecular complexity index is 1160. The van der Waals surface area contributed by atoms with Crippen LogP contribution in [0.5, 0.6) is 0 Å². The molecule has 11 heteroatoms. The number of aromatic nitrogens is 7. The number of hydrogen-bond donors (Lipinski definition) is 0. The lowest BCUT2D eigenvalue weighted by molar-refractivity contribution is 0.137. The van der Waals surface area contributed by atoms with Crippen molar-refractivity contribution in [2.45, 2.75) is 23.2 Å². The molecular weight excluding hydrogens is 408 g/mol. The summed E-state index contributed by atoms with van der Waals surface area (Å²) in [4.78, 5) is 0. The van der Waals surface area contributed by atoms with Crippen LogP contribution in [0.1, 0.15) is 12.2 Å². The number of alkyl halides is 2. The molecule has 1 aromatic carbocycles. The molecule has 4 rings (SSSR count). The zero-order chi connectivity index (χ0) is 19.7. The molecule has 3 aromatic heterocycles. The van der Waals surface area contributed by atoms with E-state index in [1.165, 1.54) is 11.8 Å². The third kappa shape index (κ3) is 3.48. The van der Waals surface area contributed by atoms with Gasteiger partial charge in [0, 0.05) is 17.1 Å². The Morgan fingerprint density at radius 1 is 1.14 bits per heavy atom. The van der Waals surface area contributed by atoms with Crippen molar-refractivity contribution < 1.29 is 8.78 Å². The molecule has 4 aromatic rings. The number of hydrogen-bond acceptors (Lipinski definition) is 6. The lowest BCUT2D eigenvalue weighted by Gasteiger charge is -2.08. The summed E-state index contributed by atoms with van der Waals surface area (Å²) in [6.45, 7) is 4.22. The molecule has 0 saturated heterocycles. The third-order valence-electron chi connectivity index (χ3n) is 3.76. The first-order valence-corrected chi connectivity index (χ1v) is 9.24. The second kappa shape index (κ2) is 7.64. The van der Waals surface area contributed by atoms with Crippen molar-refractivity contribution >= 4 is 29.0 Å². The van der Waals surface area contributed by atoms with Gasteiger partial charge in [-0.3, -0.25) is 4.57 Å². The quantitative estimate of drug-likeness (QED) is 0.433. The molecular formula is C17H12ClF2N7S. The molecule has 0 amide bonds. The maximum absolute atomic E-state index is 13.1. The minimum atomic E-state index is -2.78. The van der Waals surface area contributed by atoms with Gasteiger partial charge in [-0.1, -0.05) is 29.8 Å². The van der Waals surface area contributed by atoms with Crippen LogP contribution >= 0.6 is 23.4 Å². The molecule has 7 nitrogen and oxygen atoms in total. The zero-order valence-corrected chi connectivity index (χ0v) is 15.8. The van der Waals surface area contributed by atoms with Gasteiger partial charge in [0.2, 0.25) is 5.82 Å². The summed E-state index contributed by atoms with van der Waals surface area (Å²) in [6, 6.07) is 10.5. The molecule has 28 heavy (non-hydrogen) atoms. The highest BCUT2D eigenvalue weighted by molar-refractivity contribution is 7.99. The SMILES string of the molecule is C=CCn1c(Sc2ccc3nnc(C(F)F)n3n2)nnc1-c1cccc(Cl)c1. The van der Waals surface area contributed by atoms with Gasteiger partial charge in [-0.2, -0.15) is 9.61 Å². The number of benzene rings is 1. The van der Waals surface area contributed by atoms with Crippen molar-refractivity contribution in [1.82, 2.24) is 34.6 Å².